The van der Waals surface area contributed by atoms with Gasteiger partial charge in [0.2, 0.25) is 0 Å². The zero-order valence-corrected chi connectivity index (χ0v) is 16.6. The van der Waals surface area contributed by atoms with Gasteiger partial charge in [0.15, 0.2) is 0 Å². The van der Waals surface area contributed by atoms with Crippen molar-refractivity contribution in [3.8, 4) is 0 Å². The summed E-state index contributed by atoms with van der Waals surface area (Å²) < 4.78 is 1.89. The molecule has 1 aliphatic heterocycles. The van der Waals surface area contributed by atoms with Crippen molar-refractivity contribution in [2.45, 2.75) is 40.5 Å². The largest absolute Gasteiger partial charge is 0.371 e. The lowest BCUT2D eigenvalue weighted by molar-refractivity contribution is 0.413. The monoisotopic (exact) mass is 361 g/mol. The standard InChI is InChI=1S/C22H27N5/c1-15-7-5-9-20(10-6-8-15)26-12-11-19(14-26)13-21-16(2)23-22-24-18(4)25-27(22)17(21)3/h5-10,19H,11-14H2,1-4H3/b7-5-,8-6?,9-5?,10-6-,15-7?,15-8-,20-9+,20-10?. The molecule has 0 amide bonds. The van der Waals surface area contributed by atoms with E-state index in [4.69, 9.17) is 0 Å². The molecule has 2 aromatic rings. The average Bonchev–Trinajstić information content (AvgIpc) is 3.21. The number of aryl methyl sites for hydroxylation is 3. The maximum absolute atomic E-state index is 4.68. The Bertz CT molecular complexity index is 990. The Morgan fingerprint density at radius 2 is 1.85 bits per heavy atom. The first-order valence-electron chi connectivity index (χ1n) is 9.69. The Morgan fingerprint density at radius 3 is 2.70 bits per heavy atom. The summed E-state index contributed by atoms with van der Waals surface area (Å²) in [5.41, 5.74) is 6.15. The van der Waals surface area contributed by atoms with E-state index in [9.17, 15) is 0 Å². The third kappa shape index (κ3) is 3.59. The molecule has 0 spiro atoms. The number of aromatic nitrogens is 4. The fourth-order valence-electron chi connectivity index (χ4n) is 4.05. The van der Waals surface area contributed by atoms with Crippen LogP contribution in [0.2, 0.25) is 0 Å². The van der Waals surface area contributed by atoms with Crippen LogP contribution in [0.25, 0.3) is 5.78 Å². The Kier molecular flexibility index (Phi) is 4.68. The van der Waals surface area contributed by atoms with Gasteiger partial charge in [-0.15, -0.1) is 0 Å². The van der Waals surface area contributed by atoms with Crippen molar-refractivity contribution in [1.82, 2.24) is 24.5 Å². The quantitative estimate of drug-likeness (QED) is 0.833. The molecule has 0 bridgehead atoms. The molecule has 0 saturated carbocycles. The van der Waals surface area contributed by atoms with E-state index in [-0.39, 0.29) is 0 Å². The molecule has 2 aromatic heterocycles. The molecule has 27 heavy (non-hydrogen) atoms. The van der Waals surface area contributed by atoms with Crippen LogP contribution in [0.15, 0.2) is 47.7 Å². The van der Waals surface area contributed by atoms with Gasteiger partial charge >= 0.3 is 0 Å². The van der Waals surface area contributed by atoms with Gasteiger partial charge in [0.05, 0.1) is 0 Å². The summed E-state index contributed by atoms with van der Waals surface area (Å²) >= 11 is 0. The van der Waals surface area contributed by atoms with E-state index in [1.807, 2.05) is 11.4 Å². The zero-order chi connectivity index (χ0) is 19.0. The van der Waals surface area contributed by atoms with Crippen molar-refractivity contribution in [2.24, 2.45) is 5.92 Å². The maximum Gasteiger partial charge on any atom is 0.252 e. The molecule has 0 radical (unpaired) electrons. The highest BCUT2D eigenvalue weighted by atomic mass is 15.3. The summed E-state index contributed by atoms with van der Waals surface area (Å²) in [7, 11) is 0. The van der Waals surface area contributed by atoms with Gasteiger partial charge in [0, 0.05) is 30.2 Å². The van der Waals surface area contributed by atoms with Gasteiger partial charge in [0.1, 0.15) is 5.82 Å². The van der Waals surface area contributed by atoms with Gasteiger partial charge in [-0.25, -0.2) is 9.50 Å². The minimum Gasteiger partial charge on any atom is -0.371 e. The molecule has 0 N–H and O–H groups in total. The second kappa shape index (κ2) is 7.14. The SMILES string of the molecule is CC1=C/C=C\C(N2CCC(Cc3c(C)nc4nc(C)nn4c3C)C2)=C/C=C\1. The average molecular weight is 361 g/mol. The highest BCUT2D eigenvalue weighted by Crippen LogP contribution is 2.27. The summed E-state index contributed by atoms with van der Waals surface area (Å²) in [6, 6.07) is 0. The number of fused-ring (bicyclic) bond motifs is 1. The first-order chi connectivity index (χ1) is 13.0. The Hall–Kier alpha value is -2.69. The first kappa shape index (κ1) is 17.7. The Morgan fingerprint density at radius 1 is 1.04 bits per heavy atom. The van der Waals surface area contributed by atoms with Crippen molar-refractivity contribution >= 4 is 5.78 Å². The second-order valence-electron chi connectivity index (χ2n) is 7.66. The van der Waals surface area contributed by atoms with Crippen molar-refractivity contribution in [3.05, 3.63) is 70.5 Å². The predicted molar refractivity (Wildman–Crippen MR) is 108 cm³/mol. The number of allylic oxidation sites excluding steroid dienone is 7. The molecule has 4 rings (SSSR count). The highest BCUT2D eigenvalue weighted by Gasteiger charge is 2.25. The predicted octanol–water partition coefficient (Wildman–Crippen LogP) is 3.87. The second-order valence-corrected chi connectivity index (χ2v) is 7.66. The lowest BCUT2D eigenvalue weighted by Crippen LogP contribution is -2.20. The number of rotatable bonds is 3. The summed E-state index contributed by atoms with van der Waals surface area (Å²) in [4.78, 5) is 11.6. The topological polar surface area (TPSA) is 46.3 Å². The van der Waals surface area contributed by atoms with Crippen LogP contribution >= 0.6 is 0 Å². The normalized spacial score (nSPS) is 26.2. The van der Waals surface area contributed by atoms with Crippen LogP contribution in [0.5, 0.6) is 0 Å². The molecular weight excluding hydrogens is 334 g/mol. The third-order valence-electron chi connectivity index (χ3n) is 5.55. The van der Waals surface area contributed by atoms with Crippen LogP contribution < -0.4 is 0 Å². The van der Waals surface area contributed by atoms with Gasteiger partial charge < -0.3 is 4.90 Å². The van der Waals surface area contributed by atoms with Crippen molar-refractivity contribution in [3.63, 3.8) is 0 Å². The molecule has 5 heteroatoms. The van der Waals surface area contributed by atoms with E-state index in [2.05, 4.69) is 77.2 Å². The molecule has 5 nitrogen and oxygen atoms in total. The van der Waals surface area contributed by atoms with Crippen molar-refractivity contribution < 1.29 is 0 Å². The van der Waals surface area contributed by atoms with E-state index in [0.29, 0.717) is 11.7 Å². The highest BCUT2D eigenvalue weighted by molar-refractivity contribution is 5.37. The van der Waals surface area contributed by atoms with Crippen LogP contribution in [0.3, 0.4) is 0 Å². The van der Waals surface area contributed by atoms with Gasteiger partial charge in [0.25, 0.3) is 5.78 Å². The minimum atomic E-state index is 0.632. The van der Waals surface area contributed by atoms with Gasteiger partial charge in [-0.2, -0.15) is 10.1 Å². The molecular formula is C22H27N5. The van der Waals surface area contributed by atoms with Crippen LogP contribution in [-0.2, 0) is 6.42 Å². The van der Waals surface area contributed by atoms with Crippen LogP contribution in [-0.4, -0.2) is 37.6 Å². The van der Waals surface area contributed by atoms with E-state index >= 15 is 0 Å². The molecule has 2 aliphatic rings. The van der Waals surface area contributed by atoms with E-state index in [0.717, 1.165) is 31.0 Å². The van der Waals surface area contributed by atoms with Gasteiger partial charge in [-0.1, -0.05) is 29.9 Å². The summed E-state index contributed by atoms with van der Waals surface area (Å²) in [5, 5.41) is 4.50. The molecule has 140 valence electrons. The van der Waals surface area contributed by atoms with Crippen molar-refractivity contribution in [2.75, 3.05) is 13.1 Å². The first-order valence-corrected chi connectivity index (χ1v) is 9.69. The maximum atomic E-state index is 4.68. The van der Waals surface area contributed by atoms with Crippen LogP contribution in [0.1, 0.15) is 36.1 Å². The smallest absolute Gasteiger partial charge is 0.252 e. The Balaban J connectivity index is 1.51. The number of nitrogens with zero attached hydrogens (tertiary/aromatic N) is 5. The lowest BCUT2D eigenvalue weighted by Gasteiger charge is -2.20. The summed E-state index contributed by atoms with van der Waals surface area (Å²) in [6.07, 6.45) is 15.3. The van der Waals surface area contributed by atoms with Gasteiger partial charge in [-0.3, -0.25) is 0 Å². The fourth-order valence-corrected chi connectivity index (χ4v) is 4.05. The summed E-state index contributed by atoms with van der Waals surface area (Å²) in [5.74, 6) is 2.11. The third-order valence-corrected chi connectivity index (χ3v) is 5.55. The number of hydrogen-bond acceptors (Lipinski definition) is 4. The van der Waals surface area contributed by atoms with Crippen LogP contribution in [0, 0.1) is 26.7 Å². The molecule has 1 atom stereocenters. The fraction of sp³-hybridized carbons (Fsp3) is 0.409. The molecule has 3 heterocycles. The van der Waals surface area contributed by atoms with Crippen molar-refractivity contribution in [1.29, 1.82) is 0 Å². The molecule has 1 aliphatic carbocycles. The Labute approximate surface area is 160 Å². The van der Waals surface area contributed by atoms with Gasteiger partial charge in [-0.05, 0) is 64.2 Å². The lowest BCUT2D eigenvalue weighted by atomic mass is 9.96. The minimum absolute atomic E-state index is 0.632. The molecule has 1 fully saturated rings. The van der Waals surface area contributed by atoms with Crippen LogP contribution in [0.4, 0.5) is 0 Å². The molecule has 1 unspecified atom stereocenters. The van der Waals surface area contributed by atoms with E-state index in [1.165, 1.54) is 28.9 Å². The van der Waals surface area contributed by atoms with E-state index in [1.54, 1.807) is 0 Å². The molecule has 1 saturated heterocycles. The van der Waals surface area contributed by atoms with E-state index < -0.39 is 0 Å². The zero-order valence-electron chi connectivity index (χ0n) is 16.6. The molecule has 0 aromatic carbocycles. The summed E-state index contributed by atoms with van der Waals surface area (Å²) in [6.45, 7) is 10.5. The number of hydrogen-bond donors (Lipinski definition) is 0. The number of likely N-dealkylation sites (tertiary alicyclic amines) is 1.